The average Bonchev–Trinajstić information content (AvgIpc) is 4.12. The van der Waals surface area contributed by atoms with Crippen LogP contribution in [0.3, 0.4) is 0 Å². The number of hydrogen-bond acceptors (Lipinski definition) is 2. The zero-order chi connectivity index (χ0) is 52.8. The molecule has 0 unspecified atom stereocenters. The quantitative estimate of drug-likeness (QED) is 0.126. The Morgan fingerprint density at radius 1 is 0.247 bits per heavy atom. The third-order valence-corrected chi connectivity index (χ3v) is 17.1. The predicted octanol–water partition coefficient (Wildman–Crippen LogP) is 20.5. The molecule has 0 heterocycles. The van der Waals surface area contributed by atoms with E-state index < -0.39 is 0 Å². The summed E-state index contributed by atoms with van der Waals surface area (Å²) in [5, 5.41) is 0. The summed E-state index contributed by atoms with van der Waals surface area (Å²) in [7, 11) is 0. The first kappa shape index (κ1) is 48.0. The van der Waals surface area contributed by atoms with Gasteiger partial charge in [-0.2, -0.15) is 0 Å². The monoisotopic (exact) mass is 993 g/mol. The minimum atomic E-state index is -0.165. The maximum atomic E-state index is 2.42. The van der Waals surface area contributed by atoms with Crippen molar-refractivity contribution in [3.05, 3.63) is 285 Å². The SMILES string of the molecule is Cc1cccc(N(c2ccccc2)c2ccc3c(c2)C(C)(C)c2cc(C=Cc4ccc5c(c4)C(C)(C)c4cc(C=Cc6ccc7c(c6)C(C)(C)c6cc(N(c8ccccc8)c8cccc(C)c8)ccc6-7)ccc4-5)ccc2-3)c1. The van der Waals surface area contributed by atoms with Gasteiger partial charge in [0.05, 0.1) is 0 Å². The molecular weight excluding hydrogens is 929 g/mol. The normalized spacial score (nSPS) is 14.7. The Bertz CT molecular complexity index is 3770. The van der Waals surface area contributed by atoms with Crippen LogP contribution >= 0.6 is 0 Å². The lowest BCUT2D eigenvalue weighted by Gasteiger charge is -2.28. The van der Waals surface area contributed by atoms with E-state index in [2.05, 4.69) is 308 Å². The highest BCUT2D eigenvalue weighted by Gasteiger charge is 2.39. The molecule has 10 aromatic rings. The number of anilines is 6. The van der Waals surface area contributed by atoms with Crippen molar-refractivity contribution in [3.8, 4) is 33.4 Å². The number of benzene rings is 10. The van der Waals surface area contributed by atoms with E-state index in [4.69, 9.17) is 0 Å². The molecule has 0 amide bonds. The molecule has 0 N–H and O–H groups in total. The van der Waals surface area contributed by atoms with E-state index in [1.54, 1.807) is 0 Å². The molecule has 13 rings (SSSR count). The van der Waals surface area contributed by atoms with Gasteiger partial charge in [-0.3, -0.25) is 0 Å². The first-order valence-corrected chi connectivity index (χ1v) is 27.3. The molecule has 0 aliphatic heterocycles. The van der Waals surface area contributed by atoms with Gasteiger partial charge in [-0.15, -0.1) is 0 Å². The topological polar surface area (TPSA) is 6.48 Å². The van der Waals surface area contributed by atoms with E-state index >= 15 is 0 Å². The fourth-order valence-electron chi connectivity index (χ4n) is 12.9. The molecule has 0 bridgehead atoms. The molecule has 3 aliphatic carbocycles. The van der Waals surface area contributed by atoms with Gasteiger partial charge in [0.25, 0.3) is 0 Å². The van der Waals surface area contributed by atoms with Crippen molar-refractivity contribution in [1.29, 1.82) is 0 Å². The highest BCUT2D eigenvalue weighted by molar-refractivity contribution is 5.90. The Kier molecular flexibility index (Phi) is 11.4. The van der Waals surface area contributed by atoms with Crippen LogP contribution in [0, 0.1) is 13.8 Å². The highest BCUT2D eigenvalue weighted by atomic mass is 15.1. The zero-order valence-corrected chi connectivity index (χ0v) is 45.5. The van der Waals surface area contributed by atoms with Crippen LogP contribution in [0.5, 0.6) is 0 Å². The van der Waals surface area contributed by atoms with Gasteiger partial charge in [0, 0.05) is 50.4 Å². The van der Waals surface area contributed by atoms with Crippen molar-refractivity contribution in [2.75, 3.05) is 9.80 Å². The summed E-state index contributed by atoms with van der Waals surface area (Å²) in [5.74, 6) is 0. The minimum absolute atomic E-state index is 0.145. The van der Waals surface area contributed by atoms with Crippen molar-refractivity contribution < 1.29 is 0 Å². The van der Waals surface area contributed by atoms with Gasteiger partial charge in [-0.05, 0) is 187 Å². The minimum Gasteiger partial charge on any atom is -0.310 e. The van der Waals surface area contributed by atoms with Crippen LogP contribution in [0.25, 0.3) is 57.7 Å². The molecule has 0 radical (unpaired) electrons. The van der Waals surface area contributed by atoms with E-state index in [-0.39, 0.29) is 16.2 Å². The lowest BCUT2D eigenvalue weighted by atomic mass is 9.81. The summed E-state index contributed by atoms with van der Waals surface area (Å²) in [6.45, 7) is 18.6. The van der Waals surface area contributed by atoms with E-state index in [1.807, 2.05) is 0 Å². The van der Waals surface area contributed by atoms with Crippen LogP contribution in [0.1, 0.15) is 108 Å². The van der Waals surface area contributed by atoms with Gasteiger partial charge in [-0.25, -0.2) is 0 Å². The smallest absolute Gasteiger partial charge is 0.0465 e. The largest absolute Gasteiger partial charge is 0.310 e. The molecule has 2 heteroatoms. The lowest BCUT2D eigenvalue weighted by Crippen LogP contribution is -2.16. The first-order chi connectivity index (χ1) is 37.2. The molecular formula is C75H64N2. The number of rotatable bonds is 10. The van der Waals surface area contributed by atoms with Gasteiger partial charge >= 0.3 is 0 Å². The van der Waals surface area contributed by atoms with Gasteiger partial charge in [-0.1, -0.05) is 211 Å². The summed E-state index contributed by atoms with van der Waals surface area (Å²) in [6, 6.07) is 81.2. The number of hydrogen-bond donors (Lipinski definition) is 0. The molecule has 2 nitrogen and oxygen atoms in total. The Morgan fingerprint density at radius 2 is 0.506 bits per heavy atom. The zero-order valence-electron chi connectivity index (χ0n) is 45.5. The highest BCUT2D eigenvalue weighted by Crippen LogP contribution is 2.54. The van der Waals surface area contributed by atoms with E-state index in [0.29, 0.717) is 0 Å². The number of aryl methyl sites for hydroxylation is 2. The number of fused-ring (bicyclic) bond motifs is 9. The van der Waals surface area contributed by atoms with Crippen molar-refractivity contribution in [2.45, 2.75) is 71.6 Å². The standard InChI is InChI=1S/C75H64N2/c1-49-17-15-23-57(41-49)76(55-19-11-9-12-20-55)59-33-39-65-63-37-31-53(45-69(63)74(5,6)71(65)47-59)27-25-51-29-35-61-62-36-30-52(44-68(62)73(3,4)67(61)43-51)26-28-54-32-38-64-66-40-34-60(48-72(66)75(7,8)70(64)46-54)77(56-21-13-10-14-22-56)58-24-16-18-50(2)42-58/h9-48H,1-8H3. The summed E-state index contributed by atoms with van der Waals surface area (Å²) >= 11 is 0. The van der Waals surface area contributed by atoms with E-state index in [9.17, 15) is 0 Å². The first-order valence-electron chi connectivity index (χ1n) is 27.3. The Balaban J connectivity index is 0.732. The van der Waals surface area contributed by atoms with Crippen LogP contribution < -0.4 is 9.80 Å². The summed E-state index contributed by atoms with van der Waals surface area (Å²) < 4.78 is 0. The average molecular weight is 993 g/mol. The van der Waals surface area contributed by atoms with E-state index in [0.717, 1.165) is 22.7 Å². The van der Waals surface area contributed by atoms with Gasteiger partial charge in [0.2, 0.25) is 0 Å². The van der Waals surface area contributed by atoms with Crippen LogP contribution in [0.4, 0.5) is 34.1 Å². The maximum Gasteiger partial charge on any atom is 0.0465 e. The Labute approximate surface area is 456 Å². The third-order valence-electron chi connectivity index (χ3n) is 17.1. The lowest BCUT2D eigenvalue weighted by molar-refractivity contribution is 0.660. The number of nitrogens with zero attached hydrogens (tertiary/aromatic N) is 2. The second-order valence-electron chi connectivity index (χ2n) is 23.2. The molecule has 0 aromatic heterocycles. The predicted molar refractivity (Wildman–Crippen MR) is 329 cm³/mol. The molecule has 0 fully saturated rings. The van der Waals surface area contributed by atoms with Crippen LogP contribution in [0.15, 0.2) is 218 Å². The summed E-state index contributed by atoms with van der Waals surface area (Å²) in [4.78, 5) is 4.76. The molecule has 0 saturated heterocycles. The van der Waals surface area contributed by atoms with Gasteiger partial charge in [0.15, 0.2) is 0 Å². The fraction of sp³-hybridized carbons (Fsp3) is 0.147. The van der Waals surface area contributed by atoms with Crippen molar-refractivity contribution in [1.82, 2.24) is 0 Å². The van der Waals surface area contributed by atoms with Crippen LogP contribution in [0.2, 0.25) is 0 Å². The second-order valence-corrected chi connectivity index (χ2v) is 23.2. The van der Waals surface area contributed by atoms with Gasteiger partial charge < -0.3 is 9.80 Å². The Morgan fingerprint density at radius 3 is 0.805 bits per heavy atom. The molecule has 10 aromatic carbocycles. The molecule has 0 spiro atoms. The molecule has 3 aliphatic rings. The second kappa shape index (κ2) is 18.2. The van der Waals surface area contributed by atoms with Crippen LogP contribution in [-0.4, -0.2) is 0 Å². The molecule has 0 atom stereocenters. The van der Waals surface area contributed by atoms with Crippen LogP contribution in [-0.2, 0) is 16.2 Å². The molecule has 374 valence electrons. The van der Waals surface area contributed by atoms with Crippen molar-refractivity contribution >= 4 is 58.4 Å². The molecule has 77 heavy (non-hydrogen) atoms. The Hall–Kier alpha value is -8.72. The summed E-state index contributed by atoms with van der Waals surface area (Å²) in [5.41, 5.74) is 30.0. The summed E-state index contributed by atoms with van der Waals surface area (Å²) in [6.07, 6.45) is 9.17. The van der Waals surface area contributed by atoms with E-state index in [1.165, 1.54) is 112 Å². The third kappa shape index (κ3) is 8.17. The van der Waals surface area contributed by atoms with Crippen molar-refractivity contribution in [3.63, 3.8) is 0 Å². The maximum absolute atomic E-state index is 2.42. The van der Waals surface area contributed by atoms with Gasteiger partial charge in [0.1, 0.15) is 0 Å². The van der Waals surface area contributed by atoms with Crippen molar-refractivity contribution in [2.24, 2.45) is 0 Å². The number of para-hydroxylation sites is 2. The molecule has 0 saturated carbocycles. The fourth-order valence-corrected chi connectivity index (χ4v) is 12.9.